The molecule has 0 N–H and O–H groups in total. The molecule has 6 heterocycles. The molecule has 0 saturated heterocycles. The number of nitrogens with zero attached hydrogens (tertiary/aromatic N) is 6. The lowest BCUT2D eigenvalue weighted by Crippen LogP contribution is -2.11. The average molecular weight is 1310 g/mol. The summed E-state index contributed by atoms with van der Waals surface area (Å²) in [5, 5.41) is 0. The number of hydrogen-bond donors (Lipinski definition) is 0. The van der Waals surface area contributed by atoms with Crippen LogP contribution in [-0.4, -0.2) is 43.1 Å². The summed E-state index contributed by atoms with van der Waals surface area (Å²) in [5.41, 5.74) is 23.8. The molecule has 8 nitrogen and oxygen atoms in total. The van der Waals surface area contributed by atoms with Crippen molar-refractivity contribution in [3.8, 4) is 124 Å². The Labute approximate surface area is 590 Å². The van der Waals surface area contributed by atoms with E-state index in [0.29, 0.717) is 11.8 Å². The summed E-state index contributed by atoms with van der Waals surface area (Å²) < 4.78 is 12.7. The fourth-order valence-electron chi connectivity index (χ4n) is 12.7. The van der Waals surface area contributed by atoms with Crippen LogP contribution < -0.4 is 9.47 Å². The van der Waals surface area contributed by atoms with Gasteiger partial charge in [-0.15, -0.1) is 0 Å². The summed E-state index contributed by atoms with van der Waals surface area (Å²) in [6.07, 6.45) is 25.7. The molecule has 0 aliphatic carbocycles. The van der Waals surface area contributed by atoms with Crippen LogP contribution in [0.15, 0.2) is 280 Å². The number of unbranched alkanes of at least 4 members (excludes halogenated alkanes) is 2. The molecule has 494 valence electrons. The molecule has 13 rings (SSSR count). The van der Waals surface area contributed by atoms with E-state index in [-0.39, 0.29) is 0 Å². The van der Waals surface area contributed by atoms with Crippen LogP contribution in [0, 0.1) is 11.8 Å². The maximum absolute atomic E-state index is 6.34. The Kier molecular flexibility index (Phi) is 22.3. The van der Waals surface area contributed by atoms with Crippen LogP contribution in [0.2, 0.25) is 0 Å². The fourth-order valence-corrected chi connectivity index (χ4v) is 12.7. The van der Waals surface area contributed by atoms with Gasteiger partial charge in [-0.25, -0.2) is 9.97 Å². The van der Waals surface area contributed by atoms with Crippen molar-refractivity contribution in [1.29, 1.82) is 0 Å². The molecular weight excluding hydrogens is 1220 g/mol. The van der Waals surface area contributed by atoms with Gasteiger partial charge in [0, 0.05) is 24.8 Å². The Morgan fingerprint density at radius 1 is 0.290 bits per heavy atom. The highest BCUT2D eigenvalue weighted by molar-refractivity contribution is 5.92. The van der Waals surface area contributed by atoms with E-state index in [0.717, 1.165) is 172 Å². The largest absolute Gasteiger partial charge is 0.493 e. The van der Waals surface area contributed by atoms with Gasteiger partial charge in [0.1, 0.15) is 11.5 Å². The Hall–Kier alpha value is -11.5. The number of benzene rings is 7. The lowest BCUT2D eigenvalue weighted by Gasteiger charge is -2.16. The van der Waals surface area contributed by atoms with Gasteiger partial charge in [-0.1, -0.05) is 236 Å². The molecule has 0 spiro atoms. The minimum Gasteiger partial charge on any atom is -0.493 e. The molecule has 0 saturated carbocycles. The molecule has 7 aromatic carbocycles. The molecule has 2 atom stereocenters. The Morgan fingerprint density at radius 2 is 0.580 bits per heavy atom. The van der Waals surface area contributed by atoms with Crippen LogP contribution in [0.25, 0.3) is 137 Å². The molecule has 0 aliphatic heterocycles. The van der Waals surface area contributed by atoms with Crippen molar-refractivity contribution in [3.05, 3.63) is 302 Å². The van der Waals surface area contributed by atoms with Gasteiger partial charge in [0.2, 0.25) is 0 Å². The summed E-state index contributed by atoms with van der Waals surface area (Å²) in [6.45, 7) is 10.5. The van der Waals surface area contributed by atoms with Gasteiger partial charge in [-0.05, 0) is 223 Å². The van der Waals surface area contributed by atoms with Gasteiger partial charge < -0.3 is 9.47 Å². The topological polar surface area (TPSA) is 95.8 Å². The highest BCUT2D eigenvalue weighted by atomic mass is 16.5. The molecule has 0 aliphatic rings. The minimum absolute atomic E-state index is 0.564. The third kappa shape index (κ3) is 17.1. The van der Waals surface area contributed by atoms with Crippen LogP contribution in [-0.2, 0) is 0 Å². The zero-order valence-corrected chi connectivity index (χ0v) is 57.6. The Balaban J connectivity index is 0.873. The van der Waals surface area contributed by atoms with E-state index in [4.69, 9.17) is 19.4 Å². The zero-order valence-electron chi connectivity index (χ0n) is 57.6. The summed E-state index contributed by atoms with van der Waals surface area (Å²) in [7, 11) is 0. The molecule has 100 heavy (non-hydrogen) atoms. The minimum atomic E-state index is 0.564. The van der Waals surface area contributed by atoms with Crippen molar-refractivity contribution >= 4 is 24.3 Å². The lowest BCUT2D eigenvalue weighted by atomic mass is 9.88. The van der Waals surface area contributed by atoms with E-state index in [1.54, 1.807) is 24.8 Å². The van der Waals surface area contributed by atoms with Gasteiger partial charge in [0.05, 0.1) is 58.8 Å². The van der Waals surface area contributed by atoms with Crippen LogP contribution in [0.5, 0.6) is 11.5 Å². The smallest absolute Gasteiger partial charge is 0.119 e. The van der Waals surface area contributed by atoms with Gasteiger partial charge in [0.25, 0.3) is 0 Å². The molecular formula is C92H84N6O2. The molecule has 0 amide bonds. The summed E-state index contributed by atoms with van der Waals surface area (Å²) in [5.74, 6) is 2.95. The Morgan fingerprint density at radius 3 is 0.870 bits per heavy atom. The number of aromatic nitrogens is 6. The van der Waals surface area contributed by atoms with Crippen LogP contribution >= 0.6 is 0 Å². The summed E-state index contributed by atoms with van der Waals surface area (Å²) in [6, 6.07) is 89.5. The van der Waals surface area contributed by atoms with Gasteiger partial charge in [-0.2, -0.15) is 0 Å². The molecule has 6 aromatic heterocycles. The standard InChI is InChI=1S/C92H84N6O2/c1-5-9-19-65(7-3)63-99-81-49-45-71(46-50-81)69-37-41-75(42-38-69)83-57-78(36-30-68-27-33-74(34-28-68)80-61-91(87-23-13-17-55-95-87)98-92(62-80)88-24-14-18-56-96-88)84(76-43-39-70(40-44-76)72-47-51-82(52-48-72)100-64-66(8-4)20-10-6-2)58-77(83)35-29-67-25-31-73(32-26-67)79-59-89(85-21-11-15-53-93-85)97-90(60-79)86-22-12-16-54-94-86/h11-18,21-62,65-66H,5-10,19-20,63-64H2,1-4H3/b35-29+,36-30+. The predicted molar refractivity (Wildman–Crippen MR) is 416 cm³/mol. The van der Waals surface area contributed by atoms with Crippen LogP contribution in [0.1, 0.15) is 101 Å². The van der Waals surface area contributed by atoms with E-state index in [9.17, 15) is 0 Å². The second-order valence-electron chi connectivity index (χ2n) is 25.7. The van der Waals surface area contributed by atoms with E-state index < -0.39 is 0 Å². The van der Waals surface area contributed by atoms with E-state index in [2.05, 4.69) is 254 Å². The molecule has 0 fully saturated rings. The second kappa shape index (κ2) is 33.2. The fraction of sp³-hybridized carbons (Fsp3) is 0.174. The molecule has 2 unspecified atom stereocenters. The molecule has 8 heteroatoms. The summed E-state index contributed by atoms with van der Waals surface area (Å²) >= 11 is 0. The first-order chi connectivity index (χ1) is 49.3. The lowest BCUT2D eigenvalue weighted by molar-refractivity contribution is 0.233. The Bertz CT molecular complexity index is 4390. The molecule has 13 aromatic rings. The number of pyridine rings is 6. The first-order valence-electron chi connectivity index (χ1n) is 35.5. The van der Waals surface area contributed by atoms with Crippen molar-refractivity contribution in [2.75, 3.05) is 13.2 Å². The second-order valence-corrected chi connectivity index (χ2v) is 25.7. The third-order valence-electron chi connectivity index (χ3n) is 18.8. The summed E-state index contributed by atoms with van der Waals surface area (Å²) in [4.78, 5) is 28.8. The quantitative estimate of drug-likeness (QED) is 0.0448. The number of rotatable bonds is 28. The van der Waals surface area contributed by atoms with Crippen molar-refractivity contribution in [2.24, 2.45) is 11.8 Å². The van der Waals surface area contributed by atoms with Crippen molar-refractivity contribution in [1.82, 2.24) is 29.9 Å². The van der Waals surface area contributed by atoms with Crippen molar-refractivity contribution in [3.63, 3.8) is 0 Å². The van der Waals surface area contributed by atoms with Crippen molar-refractivity contribution in [2.45, 2.75) is 79.1 Å². The number of ether oxygens (including phenoxy) is 2. The third-order valence-corrected chi connectivity index (χ3v) is 18.8. The van der Waals surface area contributed by atoms with E-state index >= 15 is 0 Å². The normalized spacial score (nSPS) is 12.0. The predicted octanol–water partition coefficient (Wildman–Crippen LogP) is 24.3. The van der Waals surface area contributed by atoms with Crippen LogP contribution in [0.4, 0.5) is 0 Å². The van der Waals surface area contributed by atoms with E-state index in [1.807, 2.05) is 72.8 Å². The monoisotopic (exact) mass is 1300 g/mol. The van der Waals surface area contributed by atoms with Gasteiger partial charge in [0.15, 0.2) is 0 Å². The SMILES string of the molecule is CCCCC(CC)COc1ccc(-c2ccc(-c3cc(/C=C/c4ccc(-c5cc(-c6ccccn6)nc(-c6ccccn6)c5)cc4)c(-c4ccc(-c5ccc(OCC(CC)CCCC)cc5)cc4)cc3/C=C/c3ccc(-c4cc(-c5ccccn5)nc(-c5ccccn5)c4)cc3)cc2)cc1. The highest BCUT2D eigenvalue weighted by Crippen LogP contribution is 2.39. The molecule has 0 radical (unpaired) electrons. The first-order valence-corrected chi connectivity index (χ1v) is 35.5. The number of hydrogen-bond acceptors (Lipinski definition) is 8. The zero-order chi connectivity index (χ0) is 68.2. The van der Waals surface area contributed by atoms with Crippen LogP contribution in [0.3, 0.4) is 0 Å². The van der Waals surface area contributed by atoms with Gasteiger partial charge >= 0.3 is 0 Å². The maximum Gasteiger partial charge on any atom is 0.119 e. The van der Waals surface area contributed by atoms with Crippen molar-refractivity contribution < 1.29 is 9.47 Å². The van der Waals surface area contributed by atoms with Gasteiger partial charge in [-0.3, -0.25) is 19.9 Å². The first kappa shape index (κ1) is 67.1. The average Bonchev–Trinajstić information content (AvgIpc) is 0.790. The highest BCUT2D eigenvalue weighted by Gasteiger charge is 2.17. The van der Waals surface area contributed by atoms with E-state index in [1.165, 1.54) is 38.5 Å². The molecule has 0 bridgehead atoms. The maximum atomic E-state index is 6.34.